The molecule has 0 fully saturated rings. The van der Waals surface area contributed by atoms with Crippen molar-refractivity contribution < 1.29 is 14.8 Å². The van der Waals surface area contributed by atoms with Gasteiger partial charge in [-0.1, -0.05) is 41.4 Å². The fourth-order valence-electron chi connectivity index (χ4n) is 1.75. The molecule has 22 heavy (non-hydrogen) atoms. The summed E-state index contributed by atoms with van der Waals surface area (Å²) in [6.45, 7) is 0.297. The summed E-state index contributed by atoms with van der Waals surface area (Å²) in [6.07, 6.45) is 0. The second-order valence-corrected chi connectivity index (χ2v) is 5.58. The van der Waals surface area contributed by atoms with E-state index in [1.165, 1.54) is 0 Å². The van der Waals surface area contributed by atoms with Crippen LogP contribution < -0.4 is 15.5 Å². The lowest BCUT2D eigenvalue weighted by molar-refractivity contribution is 0.426. The number of halogens is 2. The number of benzene rings is 2. The molecule has 0 bridgehead atoms. The number of hydrogen-bond acceptors (Lipinski definition) is 4. The maximum atomic E-state index is 9.21. The molecule has 0 spiro atoms. The molecule has 0 aliphatic carbocycles. The largest absolute Gasteiger partial charge is 0.489 e. The second kappa shape index (κ2) is 7.81. The first-order valence-corrected chi connectivity index (χ1v) is 7.48. The third kappa shape index (κ3) is 4.59. The van der Waals surface area contributed by atoms with E-state index in [4.69, 9.17) is 40.2 Å². The average molecular weight is 356 g/mol. The van der Waals surface area contributed by atoms with Crippen LogP contribution in [0.4, 0.5) is 0 Å². The predicted molar refractivity (Wildman–Crippen MR) is 92.8 cm³/mol. The molecule has 0 unspecified atom stereocenters. The Hall–Kier alpha value is -1.31. The van der Waals surface area contributed by atoms with Gasteiger partial charge in [0, 0.05) is 22.1 Å². The highest BCUT2D eigenvalue weighted by Crippen LogP contribution is 2.16. The Bertz CT molecular complexity index is 668. The number of nitrogens with one attached hydrogen (secondary N) is 1. The SMILES string of the molecule is OB(O)c1cccc(CNC(=S)Oc2ccc(Cl)cc2)c1Cl. The standard InChI is InChI=1S/C14H12BCl2NO3S/c16-10-4-6-11(7-5-10)21-14(22)18-8-9-2-1-3-12(13(9)17)15(19)20/h1-7,19-20H,8H2,(H,18,22). The minimum Gasteiger partial charge on any atom is -0.432 e. The highest BCUT2D eigenvalue weighted by atomic mass is 35.5. The van der Waals surface area contributed by atoms with Gasteiger partial charge in [-0.2, -0.15) is 0 Å². The van der Waals surface area contributed by atoms with E-state index < -0.39 is 7.12 Å². The van der Waals surface area contributed by atoms with E-state index in [1.54, 1.807) is 42.5 Å². The summed E-state index contributed by atoms with van der Waals surface area (Å²) in [7, 11) is -1.62. The Kier molecular flexibility index (Phi) is 6.05. The van der Waals surface area contributed by atoms with E-state index in [0.29, 0.717) is 22.9 Å². The van der Waals surface area contributed by atoms with Crippen molar-refractivity contribution in [3.8, 4) is 5.75 Å². The Balaban J connectivity index is 1.96. The summed E-state index contributed by atoms with van der Waals surface area (Å²) in [5.74, 6) is 0.563. The summed E-state index contributed by atoms with van der Waals surface area (Å²) in [4.78, 5) is 0. The van der Waals surface area contributed by atoms with E-state index in [9.17, 15) is 10.0 Å². The van der Waals surface area contributed by atoms with Crippen molar-refractivity contribution in [1.82, 2.24) is 5.32 Å². The van der Waals surface area contributed by atoms with Crippen LogP contribution >= 0.6 is 35.4 Å². The zero-order valence-electron chi connectivity index (χ0n) is 11.3. The van der Waals surface area contributed by atoms with Crippen LogP contribution in [0.3, 0.4) is 0 Å². The van der Waals surface area contributed by atoms with E-state index >= 15 is 0 Å². The minimum absolute atomic E-state index is 0.174. The molecule has 2 aromatic rings. The van der Waals surface area contributed by atoms with Gasteiger partial charge in [-0.25, -0.2) is 0 Å². The molecule has 0 aliphatic rings. The zero-order valence-corrected chi connectivity index (χ0v) is 13.6. The van der Waals surface area contributed by atoms with Crippen LogP contribution in [0, 0.1) is 0 Å². The smallest absolute Gasteiger partial charge is 0.432 e. The Morgan fingerprint density at radius 2 is 1.82 bits per heavy atom. The molecular weight excluding hydrogens is 344 g/mol. The Morgan fingerprint density at radius 3 is 2.45 bits per heavy atom. The predicted octanol–water partition coefficient (Wildman–Crippen LogP) is 2.13. The molecule has 0 saturated heterocycles. The van der Waals surface area contributed by atoms with Crippen molar-refractivity contribution in [3.63, 3.8) is 0 Å². The minimum atomic E-state index is -1.62. The van der Waals surface area contributed by atoms with Gasteiger partial charge in [0.2, 0.25) is 0 Å². The van der Waals surface area contributed by atoms with E-state index in [-0.39, 0.29) is 15.7 Å². The molecule has 0 amide bonds. The normalized spacial score (nSPS) is 10.2. The van der Waals surface area contributed by atoms with Crippen LogP contribution in [-0.4, -0.2) is 22.3 Å². The average Bonchev–Trinajstić information content (AvgIpc) is 2.48. The number of ether oxygens (including phenoxy) is 1. The third-order valence-corrected chi connectivity index (χ3v) is 3.77. The molecule has 0 atom stereocenters. The van der Waals surface area contributed by atoms with Crippen molar-refractivity contribution in [2.24, 2.45) is 0 Å². The van der Waals surface area contributed by atoms with Gasteiger partial charge < -0.3 is 20.1 Å². The summed E-state index contributed by atoms with van der Waals surface area (Å²) in [6, 6.07) is 11.8. The zero-order chi connectivity index (χ0) is 16.1. The van der Waals surface area contributed by atoms with Gasteiger partial charge in [-0.15, -0.1) is 0 Å². The number of thiocarbonyl (C=S) groups is 1. The monoisotopic (exact) mass is 355 g/mol. The van der Waals surface area contributed by atoms with Gasteiger partial charge in [0.1, 0.15) is 5.75 Å². The molecule has 0 aliphatic heterocycles. The quantitative estimate of drug-likeness (QED) is 0.579. The van der Waals surface area contributed by atoms with Crippen LogP contribution in [-0.2, 0) is 6.54 Å². The summed E-state index contributed by atoms with van der Waals surface area (Å²) < 4.78 is 5.43. The fraction of sp³-hybridized carbons (Fsp3) is 0.0714. The van der Waals surface area contributed by atoms with Gasteiger partial charge in [-0.3, -0.25) is 0 Å². The molecule has 2 rings (SSSR count). The lowest BCUT2D eigenvalue weighted by Crippen LogP contribution is -2.32. The number of rotatable bonds is 4. The van der Waals surface area contributed by atoms with Gasteiger partial charge in [-0.05, 0) is 42.0 Å². The Labute approximate surface area is 143 Å². The van der Waals surface area contributed by atoms with Crippen LogP contribution in [0.15, 0.2) is 42.5 Å². The van der Waals surface area contributed by atoms with Crippen LogP contribution in [0.25, 0.3) is 0 Å². The summed E-state index contributed by atoms with van der Waals surface area (Å²) in [5, 5.41) is 22.4. The summed E-state index contributed by atoms with van der Waals surface area (Å²) >= 11 is 17.0. The first kappa shape index (κ1) is 17.1. The molecule has 0 radical (unpaired) electrons. The lowest BCUT2D eigenvalue weighted by atomic mass is 9.79. The molecule has 4 nitrogen and oxygen atoms in total. The van der Waals surface area contributed by atoms with Crippen molar-refractivity contribution >= 4 is 53.2 Å². The van der Waals surface area contributed by atoms with Crippen LogP contribution in [0.2, 0.25) is 10.0 Å². The summed E-state index contributed by atoms with van der Waals surface area (Å²) in [5.41, 5.74) is 0.917. The molecule has 0 aromatic heterocycles. The fourth-order valence-corrected chi connectivity index (χ4v) is 2.33. The molecule has 2 aromatic carbocycles. The molecule has 3 N–H and O–H groups in total. The number of hydrogen-bond donors (Lipinski definition) is 3. The maximum Gasteiger partial charge on any atom is 0.489 e. The molecule has 0 saturated carbocycles. The maximum absolute atomic E-state index is 9.21. The highest BCUT2D eigenvalue weighted by molar-refractivity contribution is 7.80. The Morgan fingerprint density at radius 1 is 1.14 bits per heavy atom. The lowest BCUT2D eigenvalue weighted by Gasteiger charge is -2.12. The molecule has 114 valence electrons. The highest BCUT2D eigenvalue weighted by Gasteiger charge is 2.17. The van der Waals surface area contributed by atoms with Crippen LogP contribution in [0.1, 0.15) is 5.56 Å². The first-order chi connectivity index (χ1) is 10.5. The van der Waals surface area contributed by atoms with E-state index in [2.05, 4.69) is 5.32 Å². The molecular formula is C14H12BCl2NO3S. The topological polar surface area (TPSA) is 61.7 Å². The van der Waals surface area contributed by atoms with Crippen LogP contribution in [0.5, 0.6) is 5.75 Å². The van der Waals surface area contributed by atoms with Crippen molar-refractivity contribution in [3.05, 3.63) is 58.1 Å². The van der Waals surface area contributed by atoms with Crippen molar-refractivity contribution in [1.29, 1.82) is 0 Å². The van der Waals surface area contributed by atoms with Gasteiger partial charge in [0.05, 0.1) is 0 Å². The van der Waals surface area contributed by atoms with Crippen molar-refractivity contribution in [2.75, 3.05) is 0 Å². The second-order valence-electron chi connectivity index (χ2n) is 4.39. The third-order valence-electron chi connectivity index (χ3n) is 2.83. The molecule has 8 heteroatoms. The first-order valence-electron chi connectivity index (χ1n) is 6.32. The van der Waals surface area contributed by atoms with Crippen molar-refractivity contribution in [2.45, 2.75) is 6.54 Å². The molecule has 0 heterocycles. The van der Waals surface area contributed by atoms with Gasteiger partial charge in [0.25, 0.3) is 5.17 Å². The van der Waals surface area contributed by atoms with E-state index in [1.807, 2.05) is 0 Å². The van der Waals surface area contributed by atoms with E-state index in [0.717, 1.165) is 0 Å². The van der Waals surface area contributed by atoms with Gasteiger partial charge in [0.15, 0.2) is 0 Å². The van der Waals surface area contributed by atoms with Gasteiger partial charge >= 0.3 is 7.12 Å².